The van der Waals surface area contributed by atoms with Gasteiger partial charge in [0.25, 0.3) is 0 Å². The molecule has 182 valence electrons. The molecule has 0 amide bonds. The molecule has 4 heteroatoms. The summed E-state index contributed by atoms with van der Waals surface area (Å²) in [7, 11) is 0. The fourth-order valence-corrected chi connectivity index (χ4v) is 5.27. The monoisotopic (exact) mass is 491 g/mol. The maximum atomic E-state index is 13.2. The van der Waals surface area contributed by atoms with Crippen LogP contribution in [0.15, 0.2) is 121 Å². The molecule has 0 aromatic heterocycles. The predicted molar refractivity (Wildman–Crippen MR) is 144 cm³/mol. The third kappa shape index (κ3) is 4.40. The Morgan fingerprint density at radius 2 is 1.00 bits per heavy atom. The fraction of sp³-hybridized carbons (Fsp3) is 0.0909. The van der Waals surface area contributed by atoms with Crippen molar-refractivity contribution < 1.29 is 13.2 Å². The Hall–Kier alpha value is -4.31. The summed E-state index contributed by atoms with van der Waals surface area (Å²) in [5, 5.41) is 0. The van der Waals surface area contributed by atoms with Gasteiger partial charge in [0.05, 0.1) is 5.56 Å². The molecule has 0 radical (unpaired) electrons. The lowest BCUT2D eigenvalue weighted by molar-refractivity contribution is -0.137. The molecule has 1 nitrogen and oxygen atoms in total. The van der Waals surface area contributed by atoms with E-state index in [2.05, 4.69) is 47.4 Å². The molecular formula is C33H24F3N. The van der Waals surface area contributed by atoms with Crippen LogP contribution in [-0.4, -0.2) is 0 Å². The summed E-state index contributed by atoms with van der Waals surface area (Å²) in [6.07, 6.45) is -4.35. The second-order valence-corrected chi connectivity index (χ2v) is 9.30. The molecule has 0 bridgehead atoms. The topological polar surface area (TPSA) is 3.24 Å². The van der Waals surface area contributed by atoms with Crippen molar-refractivity contribution in [1.82, 2.24) is 0 Å². The molecule has 5 aromatic rings. The van der Waals surface area contributed by atoms with Gasteiger partial charge in [-0.25, -0.2) is 0 Å². The van der Waals surface area contributed by atoms with E-state index in [1.54, 1.807) is 12.1 Å². The summed E-state index contributed by atoms with van der Waals surface area (Å²) in [6.45, 7) is 1.24. The first-order chi connectivity index (χ1) is 18.0. The Labute approximate surface area is 214 Å². The van der Waals surface area contributed by atoms with Crippen LogP contribution < -0.4 is 4.90 Å². The lowest BCUT2D eigenvalue weighted by Crippen LogP contribution is -2.15. The van der Waals surface area contributed by atoms with Crippen molar-refractivity contribution in [3.63, 3.8) is 0 Å². The van der Waals surface area contributed by atoms with Crippen LogP contribution in [0.5, 0.6) is 0 Å². The Kier molecular flexibility index (Phi) is 5.80. The average molecular weight is 492 g/mol. The molecule has 0 fully saturated rings. The van der Waals surface area contributed by atoms with Gasteiger partial charge in [-0.15, -0.1) is 0 Å². The summed E-state index contributed by atoms with van der Waals surface area (Å²) < 4.78 is 39.6. The molecule has 1 aliphatic heterocycles. The van der Waals surface area contributed by atoms with Crippen molar-refractivity contribution in [1.29, 1.82) is 0 Å². The van der Waals surface area contributed by atoms with Gasteiger partial charge in [-0.2, -0.15) is 13.2 Å². The number of benzene rings is 5. The molecule has 1 heterocycles. The van der Waals surface area contributed by atoms with Gasteiger partial charge in [0, 0.05) is 18.8 Å². The highest BCUT2D eigenvalue weighted by Gasteiger charge is 2.32. The quantitative estimate of drug-likeness (QED) is 0.242. The summed E-state index contributed by atoms with van der Waals surface area (Å²) in [6, 6.07) is 38.8. The van der Waals surface area contributed by atoms with Crippen molar-refractivity contribution in [2.45, 2.75) is 19.3 Å². The van der Waals surface area contributed by atoms with E-state index < -0.39 is 11.7 Å². The van der Waals surface area contributed by atoms with Crippen molar-refractivity contribution in [2.75, 3.05) is 4.90 Å². The van der Waals surface area contributed by atoms with Crippen LogP contribution in [0.2, 0.25) is 0 Å². The number of nitrogens with zero attached hydrogens (tertiary/aromatic N) is 1. The van der Waals surface area contributed by atoms with E-state index in [1.165, 1.54) is 28.8 Å². The van der Waals surface area contributed by atoms with Crippen LogP contribution in [0, 0.1) is 0 Å². The molecule has 0 saturated heterocycles. The Morgan fingerprint density at radius 1 is 0.514 bits per heavy atom. The van der Waals surface area contributed by atoms with Gasteiger partial charge in [0.15, 0.2) is 0 Å². The largest absolute Gasteiger partial charge is 0.416 e. The molecule has 0 atom stereocenters. The van der Waals surface area contributed by atoms with Crippen molar-refractivity contribution in [3.8, 4) is 33.4 Å². The van der Waals surface area contributed by atoms with Crippen LogP contribution in [0.25, 0.3) is 33.4 Å². The first-order valence-corrected chi connectivity index (χ1v) is 12.3. The zero-order valence-corrected chi connectivity index (χ0v) is 20.0. The van der Waals surface area contributed by atoms with Gasteiger partial charge >= 0.3 is 6.18 Å². The molecular weight excluding hydrogens is 467 g/mol. The Balaban J connectivity index is 1.56. The lowest BCUT2D eigenvalue weighted by Gasteiger charge is -2.19. The van der Waals surface area contributed by atoms with Gasteiger partial charge in [0.2, 0.25) is 0 Å². The number of rotatable bonds is 4. The van der Waals surface area contributed by atoms with E-state index in [0.717, 1.165) is 33.5 Å². The maximum Gasteiger partial charge on any atom is 0.416 e. The number of hydrogen-bond acceptors (Lipinski definition) is 1. The van der Waals surface area contributed by atoms with E-state index in [1.807, 2.05) is 54.6 Å². The third-order valence-electron chi connectivity index (χ3n) is 7.04. The highest BCUT2D eigenvalue weighted by molar-refractivity contribution is 5.92. The normalized spacial score (nSPS) is 13.0. The second-order valence-electron chi connectivity index (χ2n) is 9.30. The minimum absolute atomic E-state index is 0.617. The highest BCUT2D eigenvalue weighted by Crippen LogP contribution is 2.46. The summed E-state index contributed by atoms with van der Waals surface area (Å²) in [4.78, 5) is 2.17. The van der Waals surface area contributed by atoms with Crippen LogP contribution >= 0.6 is 0 Å². The predicted octanol–water partition coefficient (Wildman–Crippen LogP) is 9.23. The Bertz CT molecular complexity index is 1520. The molecule has 6 rings (SSSR count). The molecule has 1 aliphatic rings. The number of alkyl halides is 3. The molecule has 5 aromatic carbocycles. The summed E-state index contributed by atoms with van der Waals surface area (Å²) in [5.41, 5.74) is 9.46. The van der Waals surface area contributed by atoms with E-state index >= 15 is 0 Å². The fourth-order valence-electron chi connectivity index (χ4n) is 5.27. The molecule has 37 heavy (non-hydrogen) atoms. The van der Waals surface area contributed by atoms with E-state index in [-0.39, 0.29) is 0 Å². The van der Waals surface area contributed by atoms with Crippen LogP contribution in [0.4, 0.5) is 18.9 Å². The first kappa shape index (κ1) is 23.1. The van der Waals surface area contributed by atoms with Crippen LogP contribution in [0.1, 0.15) is 16.7 Å². The van der Waals surface area contributed by atoms with E-state index in [4.69, 9.17) is 0 Å². The van der Waals surface area contributed by atoms with Crippen LogP contribution in [0.3, 0.4) is 0 Å². The van der Waals surface area contributed by atoms with Gasteiger partial charge in [-0.3, -0.25) is 0 Å². The number of fused-ring (bicyclic) bond motifs is 1. The molecule has 0 aliphatic carbocycles. The third-order valence-corrected chi connectivity index (χ3v) is 7.04. The van der Waals surface area contributed by atoms with Gasteiger partial charge in [-0.1, -0.05) is 91.0 Å². The standard InChI is InChI=1S/C33H24F3N/c34-33(35,36)26-16-18-27(19-17-26)37-21-30-28(23-10-4-1-5-11-23)20-29(24-12-6-2-7-13-24)32(31(30)22-37)25-14-8-3-9-15-25/h1-20H,21-22H2. The summed E-state index contributed by atoms with van der Waals surface area (Å²) in [5.74, 6) is 0. The molecule has 0 unspecified atom stereocenters. The van der Waals surface area contributed by atoms with Crippen LogP contribution in [-0.2, 0) is 19.3 Å². The SMILES string of the molecule is FC(F)(F)c1ccc(N2Cc3c(-c4ccccc4)cc(-c4ccccc4)c(-c4ccccc4)c3C2)cc1. The second kappa shape index (κ2) is 9.29. The Morgan fingerprint density at radius 3 is 1.54 bits per heavy atom. The van der Waals surface area contributed by atoms with E-state index in [0.29, 0.717) is 13.1 Å². The molecule has 0 spiro atoms. The van der Waals surface area contributed by atoms with Gasteiger partial charge < -0.3 is 4.90 Å². The zero-order chi connectivity index (χ0) is 25.4. The molecule has 0 saturated carbocycles. The van der Waals surface area contributed by atoms with Gasteiger partial charge in [0.1, 0.15) is 0 Å². The number of anilines is 1. The van der Waals surface area contributed by atoms with E-state index in [9.17, 15) is 13.2 Å². The first-order valence-electron chi connectivity index (χ1n) is 12.3. The van der Waals surface area contributed by atoms with Crippen molar-refractivity contribution >= 4 is 5.69 Å². The maximum absolute atomic E-state index is 13.2. The summed E-state index contributed by atoms with van der Waals surface area (Å²) >= 11 is 0. The van der Waals surface area contributed by atoms with Crippen molar-refractivity contribution in [3.05, 3.63) is 138 Å². The van der Waals surface area contributed by atoms with Crippen molar-refractivity contribution in [2.24, 2.45) is 0 Å². The number of hydrogen-bond donors (Lipinski definition) is 0. The van der Waals surface area contributed by atoms with Gasteiger partial charge in [-0.05, 0) is 74.8 Å². The minimum atomic E-state index is -4.35. The zero-order valence-electron chi connectivity index (χ0n) is 20.0. The number of halogens is 3. The minimum Gasteiger partial charge on any atom is -0.363 e. The highest BCUT2D eigenvalue weighted by atomic mass is 19.4. The lowest BCUT2D eigenvalue weighted by atomic mass is 9.84. The smallest absolute Gasteiger partial charge is 0.363 e. The molecule has 0 N–H and O–H groups in total. The average Bonchev–Trinajstić information content (AvgIpc) is 3.38.